The number of hydrogen-bond donors (Lipinski definition) is 1. The van der Waals surface area contributed by atoms with E-state index in [4.69, 9.17) is 0 Å². The number of rotatable bonds is 4. The Morgan fingerprint density at radius 3 is 2.75 bits per heavy atom. The quantitative estimate of drug-likeness (QED) is 0.923. The summed E-state index contributed by atoms with van der Waals surface area (Å²) in [7, 11) is 0. The minimum atomic E-state index is 0.702. The summed E-state index contributed by atoms with van der Waals surface area (Å²) in [6.45, 7) is 2.26. The molecule has 0 radical (unpaired) electrons. The molecular weight excluding hydrogens is 266 g/mol. The molecule has 2 unspecified atom stereocenters. The van der Waals surface area contributed by atoms with E-state index in [0.717, 1.165) is 30.2 Å². The lowest BCUT2D eigenvalue weighted by Crippen LogP contribution is -2.48. The van der Waals surface area contributed by atoms with Gasteiger partial charge in [-0.25, -0.2) is 4.98 Å². The Hall–Kier alpha value is -0.740. The first-order chi connectivity index (χ1) is 9.86. The molecule has 3 rings (SSSR count). The van der Waals surface area contributed by atoms with Crippen LogP contribution in [-0.2, 0) is 0 Å². The molecule has 0 aromatic carbocycles. The van der Waals surface area contributed by atoms with E-state index in [1.807, 2.05) is 24.0 Å². The Morgan fingerprint density at radius 2 is 2.05 bits per heavy atom. The van der Waals surface area contributed by atoms with Gasteiger partial charge in [-0.3, -0.25) is 0 Å². The molecule has 1 saturated heterocycles. The van der Waals surface area contributed by atoms with Gasteiger partial charge in [0, 0.05) is 36.6 Å². The lowest BCUT2D eigenvalue weighted by atomic mass is 10.0. The van der Waals surface area contributed by atoms with Crippen LogP contribution in [0.2, 0.25) is 0 Å². The van der Waals surface area contributed by atoms with E-state index in [1.165, 1.54) is 32.1 Å². The molecule has 2 aliphatic rings. The summed E-state index contributed by atoms with van der Waals surface area (Å²) in [6, 6.07) is 7.63. The number of hydrogen-bond acceptors (Lipinski definition) is 4. The first-order valence-corrected chi connectivity index (χ1v) is 9.10. The number of anilines is 1. The molecule has 2 heterocycles. The topological polar surface area (TPSA) is 28.2 Å². The molecule has 1 aromatic rings. The monoisotopic (exact) mass is 291 g/mol. The third-order valence-corrected chi connectivity index (χ3v) is 5.84. The van der Waals surface area contributed by atoms with Crippen LogP contribution in [0.1, 0.15) is 32.1 Å². The molecule has 0 bridgehead atoms. The molecule has 1 saturated carbocycles. The lowest BCUT2D eigenvalue weighted by Gasteiger charge is -2.35. The predicted octanol–water partition coefficient (Wildman–Crippen LogP) is 2.92. The summed E-state index contributed by atoms with van der Waals surface area (Å²) in [4.78, 5) is 6.87. The van der Waals surface area contributed by atoms with Crippen molar-refractivity contribution in [2.24, 2.45) is 0 Å². The van der Waals surface area contributed by atoms with Gasteiger partial charge >= 0.3 is 0 Å². The maximum Gasteiger partial charge on any atom is 0.128 e. The van der Waals surface area contributed by atoms with Gasteiger partial charge in [-0.15, -0.1) is 0 Å². The second-order valence-electron chi connectivity index (χ2n) is 5.93. The zero-order chi connectivity index (χ0) is 13.8. The third kappa shape index (κ3) is 3.29. The Bertz CT molecular complexity index is 403. The number of piperidine rings is 1. The first kappa shape index (κ1) is 14.2. The highest BCUT2D eigenvalue weighted by Gasteiger charge is 2.29. The van der Waals surface area contributed by atoms with Crippen molar-refractivity contribution < 1.29 is 0 Å². The average Bonchev–Trinajstić information content (AvgIpc) is 2.96. The predicted molar refractivity (Wildman–Crippen MR) is 87.5 cm³/mol. The van der Waals surface area contributed by atoms with Gasteiger partial charge in [-0.05, 0) is 44.1 Å². The van der Waals surface area contributed by atoms with E-state index >= 15 is 0 Å². The fourth-order valence-corrected chi connectivity index (χ4v) is 4.46. The molecule has 3 nitrogen and oxygen atoms in total. The fourth-order valence-electron chi connectivity index (χ4n) is 3.52. The van der Waals surface area contributed by atoms with Gasteiger partial charge in [-0.1, -0.05) is 12.5 Å². The standard InChI is InChI=1S/C16H25N3S/c1-20-15-6-4-5-14(15)18-13-8-11-19(12-9-13)16-7-2-3-10-17-16/h2-3,7,10,13-15,18H,4-6,8-9,11-12H2,1H3. The summed E-state index contributed by atoms with van der Waals surface area (Å²) in [5, 5.41) is 4.76. The van der Waals surface area contributed by atoms with Gasteiger partial charge in [0.25, 0.3) is 0 Å². The van der Waals surface area contributed by atoms with Crippen molar-refractivity contribution in [3.63, 3.8) is 0 Å². The lowest BCUT2D eigenvalue weighted by molar-refractivity contribution is 0.370. The van der Waals surface area contributed by atoms with Crippen molar-refractivity contribution in [2.75, 3.05) is 24.2 Å². The largest absolute Gasteiger partial charge is 0.357 e. The minimum absolute atomic E-state index is 0.702. The summed E-state index contributed by atoms with van der Waals surface area (Å²) >= 11 is 2.04. The Labute approximate surface area is 126 Å². The van der Waals surface area contributed by atoms with Crippen LogP contribution in [0.3, 0.4) is 0 Å². The van der Waals surface area contributed by atoms with Crippen molar-refractivity contribution in [3.05, 3.63) is 24.4 Å². The van der Waals surface area contributed by atoms with E-state index in [-0.39, 0.29) is 0 Å². The molecular formula is C16H25N3S. The Balaban J connectivity index is 1.49. The van der Waals surface area contributed by atoms with Gasteiger partial charge in [0.2, 0.25) is 0 Å². The van der Waals surface area contributed by atoms with Gasteiger partial charge in [-0.2, -0.15) is 11.8 Å². The zero-order valence-electron chi connectivity index (χ0n) is 12.3. The van der Waals surface area contributed by atoms with Crippen molar-refractivity contribution in [1.29, 1.82) is 0 Å². The molecule has 1 aliphatic heterocycles. The van der Waals surface area contributed by atoms with E-state index in [2.05, 4.69) is 33.6 Å². The highest BCUT2D eigenvalue weighted by atomic mass is 32.2. The number of aromatic nitrogens is 1. The van der Waals surface area contributed by atoms with Crippen LogP contribution < -0.4 is 10.2 Å². The van der Waals surface area contributed by atoms with Crippen LogP contribution in [0.15, 0.2) is 24.4 Å². The number of nitrogens with one attached hydrogen (secondary N) is 1. The number of pyridine rings is 1. The maximum atomic E-state index is 4.46. The van der Waals surface area contributed by atoms with E-state index < -0.39 is 0 Å². The van der Waals surface area contributed by atoms with Gasteiger partial charge in [0.15, 0.2) is 0 Å². The van der Waals surface area contributed by atoms with Crippen LogP contribution in [0.25, 0.3) is 0 Å². The van der Waals surface area contributed by atoms with Gasteiger partial charge in [0.1, 0.15) is 5.82 Å². The summed E-state index contributed by atoms with van der Waals surface area (Å²) in [6.07, 6.45) is 10.8. The van der Waals surface area contributed by atoms with Crippen molar-refractivity contribution >= 4 is 17.6 Å². The summed E-state index contributed by atoms with van der Waals surface area (Å²) in [5.41, 5.74) is 0. The summed E-state index contributed by atoms with van der Waals surface area (Å²) in [5.74, 6) is 1.13. The van der Waals surface area contributed by atoms with Crippen LogP contribution >= 0.6 is 11.8 Å². The molecule has 0 amide bonds. The van der Waals surface area contributed by atoms with Crippen LogP contribution in [-0.4, -0.2) is 41.7 Å². The second-order valence-corrected chi connectivity index (χ2v) is 7.00. The normalized spacial score (nSPS) is 27.9. The fraction of sp³-hybridized carbons (Fsp3) is 0.688. The molecule has 2 fully saturated rings. The molecule has 4 heteroatoms. The molecule has 1 N–H and O–H groups in total. The molecule has 110 valence electrons. The first-order valence-electron chi connectivity index (χ1n) is 7.81. The highest BCUT2D eigenvalue weighted by molar-refractivity contribution is 7.99. The number of thioether (sulfide) groups is 1. The van der Waals surface area contributed by atoms with E-state index in [9.17, 15) is 0 Å². The van der Waals surface area contributed by atoms with Crippen molar-refractivity contribution in [2.45, 2.75) is 49.4 Å². The molecule has 1 aromatic heterocycles. The van der Waals surface area contributed by atoms with E-state index in [0.29, 0.717) is 6.04 Å². The van der Waals surface area contributed by atoms with Crippen LogP contribution in [0.5, 0.6) is 0 Å². The van der Waals surface area contributed by atoms with Gasteiger partial charge in [0.05, 0.1) is 0 Å². The second kappa shape index (κ2) is 6.81. The average molecular weight is 291 g/mol. The highest BCUT2D eigenvalue weighted by Crippen LogP contribution is 2.29. The SMILES string of the molecule is CSC1CCCC1NC1CCN(c2ccccn2)CC1. The van der Waals surface area contributed by atoms with Crippen molar-refractivity contribution in [3.8, 4) is 0 Å². The van der Waals surface area contributed by atoms with Crippen LogP contribution in [0, 0.1) is 0 Å². The third-order valence-electron chi connectivity index (χ3n) is 4.67. The summed E-state index contributed by atoms with van der Waals surface area (Å²) < 4.78 is 0. The molecule has 2 atom stereocenters. The molecule has 0 spiro atoms. The van der Waals surface area contributed by atoms with Crippen LogP contribution in [0.4, 0.5) is 5.82 Å². The smallest absolute Gasteiger partial charge is 0.128 e. The van der Waals surface area contributed by atoms with E-state index in [1.54, 1.807) is 0 Å². The zero-order valence-corrected chi connectivity index (χ0v) is 13.1. The maximum absolute atomic E-state index is 4.46. The Kier molecular flexibility index (Phi) is 4.84. The molecule has 20 heavy (non-hydrogen) atoms. The minimum Gasteiger partial charge on any atom is -0.357 e. The number of nitrogens with zero attached hydrogens (tertiary/aromatic N) is 2. The Morgan fingerprint density at radius 1 is 1.20 bits per heavy atom. The van der Waals surface area contributed by atoms with Gasteiger partial charge < -0.3 is 10.2 Å². The molecule has 1 aliphatic carbocycles. The van der Waals surface area contributed by atoms with Crippen molar-refractivity contribution in [1.82, 2.24) is 10.3 Å².